The third kappa shape index (κ3) is 2.01. The van der Waals surface area contributed by atoms with Crippen molar-refractivity contribution in [3.8, 4) is 0 Å². The standard InChI is InChI=1S/C17H18BrCl2NO2/c1-15(2)16(3)6-7-17(15,12(18)13(16)22)14(23)21-9-4-5-10(19)11(20)8-9/h4-5,8,12H,6-7H2,1-3H3,(H,21,23)/t12-,16-,17-/m0/s1. The van der Waals surface area contributed by atoms with Gasteiger partial charge in [-0.2, -0.15) is 0 Å². The number of anilines is 1. The molecule has 0 spiro atoms. The van der Waals surface area contributed by atoms with Crippen molar-refractivity contribution in [1.82, 2.24) is 0 Å². The maximum atomic E-state index is 13.1. The van der Waals surface area contributed by atoms with E-state index in [4.69, 9.17) is 23.2 Å². The third-order valence-corrected chi connectivity index (χ3v) is 8.24. The van der Waals surface area contributed by atoms with E-state index in [9.17, 15) is 9.59 Å². The van der Waals surface area contributed by atoms with Crippen molar-refractivity contribution in [3.05, 3.63) is 28.2 Å². The first-order chi connectivity index (χ1) is 10.6. The van der Waals surface area contributed by atoms with Gasteiger partial charge in [0.15, 0.2) is 5.78 Å². The van der Waals surface area contributed by atoms with E-state index in [1.165, 1.54) is 0 Å². The number of nitrogens with one attached hydrogen (secondary N) is 1. The molecule has 124 valence electrons. The van der Waals surface area contributed by atoms with Gasteiger partial charge in [-0.1, -0.05) is 59.9 Å². The van der Waals surface area contributed by atoms with Crippen molar-refractivity contribution < 1.29 is 9.59 Å². The molecular weight excluding hydrogens is 401 g/mol. The predicted octanol–water partition coefficient (Wildman–Crippen LogP) is 5.09. The molecule has 2 aliphatic rings. The summed E-state index contributed by atoms with van der Waals surface area (Å²) in [6.07, 6.45) is 1.42. The summed E-state index contributed by atoms with van der Waals surface area (Å²) in [5, 5.41) is 3.75. The number of rotatable bonds is 2. The molecule has 3 nitrogen and oxygen atoms in total. The molecule has 1 aromatic carbocycles. The highest BCUT2D eigenvalue weighted by Gasteiger charge is 2.76. The zero-order valence-corrected chi connectivity index (χ0v) is 16.3. The lowest BCUT2D eigenvalue weighted by Gasteiger charge is -2.39. The van der Waals surface area contributed by atoms with Crippen molar-refractivity contribution in [2.75, 3.05) is 5.32 Å². The zero-order chi connectivity index (χ0) is 17.2. The lowest BCUT2D eigenvalue weighted by atomic mass is 9.64. The molecule has 0 aliphatic heterocycles. The van der Waals surface area contributed by atoms with Gasteiger partial charge in [0.05, 0.1) is 20.3 Å². The van der Waals surface area contributed by atoms with Gasteiger partial charge in [0, 0.05) is 11.1 Å². The molecule has 2 bridgehead atoms. The highest BCUT2D eigenvalue weighted by atomic mass is 79.9. The molecule has 1 aromatic rings. The molecule has 3 atom stereocenters. The van der Waals surface area contributed by atoms with Gasteiger partial charge >= 0.3 is 0 Å². The Labute approximate surface area is 154 Å². The van der Waals surface area contributed by atoms with Crippen LogP contribution in [0.2, 0.25) is 10.0 Å². The van der Waals surface area contributed by atoms with Crippen LogP contribution < -0.4 is 5.32 Å². The normalized spacial score (nSPS) is 34.7. The SMILES string of the molecule is CC1(C)[C@@]2(C)CC[C@@]1(C(=O)Nc1ccc(Cl)c(Cl)c1)[C@@H](Br)C2=O. The molecule has 2 aliphatic carbocycles. The molecule has 0 radical (unpaired) electrons. The Bertz CT molecular complexity index is 721. The molecule has 0 heterocycles. The fourth-order valence-electron chi connectivity index (χ4n) is 4.27. The molecule has 0 unspecified atom stereocenters. The summed E-state index contributed by atoms with van der Waals surface area (Å²) >= 11 is 15.4. The molecule has 1 amide bonds. The molecule has 23 heavy (non-hydrogen) atoms. The lowest BCUT2D eigenvalue weighted by Crippen LogP contribution is -2.47. The zero-order valence-electron chi connectivity index (χ0n) is 13.2. The largest absolute Gasteiger partial charge is 0.325 e. The van der Waals surface area contributed by atoms with Crippen molar-refractivity contribution in [2.24, 2.45) is 16.2 Å². The number of fused-ring (bicyclic) bond motifs is 2. The quantitative estimate of drug-likeness (QED) is 0.679. The first kappa shape index (κ1) is 17.2. The van der Waals surface area contributed by atoms with E-state index >= 15 is 0 Å². The summed E-state index contributed by atoms with van der Waals surface area (Å²) in [7, 11) is 0. The summed E-state index contributed by atoms with van der Waals surface area (Å²) in [5.41, 5.74) is -1.07. The summed E-state index contributed by atoms with van der Waals surface area (Å²) in [6, 6.07) is 4.98. The number of benzene rings is 1. The van der Waals surface area contributed by atoms with Gasteiger partial charge < -0.3 is 5.32 Å². The number of carbonyl (C=O) groups excluding carboxylic acids is 2. The predicted molar refractivity (Wildman–Crippen MR) is 96.4 cm³/mol. The first-order valence-corrected chi connectivity index (χ1v) is 9.20. The number of carbonyl (C=O) groups is 2. The first-order valence-electron chi connectivity index (χ1n) is 7.53. The maximum absolute atomic E-state index is 13.1. The number of ketones is 1. The number of halogens is 3. The monoisotopic (exact) mass is 417 g/mol. The summed E-state index contributed by atoms with van der Waals surface area (Å²) in [4.78, 5) is 25.4. The van der Waals surface area contributed by atoms with Crippen LogP contribution in [0, 0.1) is 16.2 Å². The summed E-state index contributed by atoms with van der Waals surface area (Å²) in [5.74, 6) is -0.0182. The average molecular weight is 419 g/mol. The van der Waals surface area contributed by atoms with E-state index in [1.54, 1.807) is 18.2 Å². The number of hydrogen-bond acceptors (Lipinski definition) is 2. The minimum absolute atomic E-state index is 0.123. The number of hydrogen-bond donors (Lipinski definition) is 1. The fourth-order valence-corrected chi connectivity index (χ4v) is 6.08. The smallest absolute Gasteiger partial charge is 0.232 e. The number of Topliss-reactive ketones (excluding diaryl/α,β-unsaturated/α-hetero) is 1. The van der Waals surface area contributed by atoms with Gasteiger partial charge in [-0.05, 0) is 36.5 Å². The molecule has 2 fully saturated rings. The Kier molecular flexibility index (Phi) is 3.90. The maximum Gasteiger partial charge on any atom is 0.232 e. The molecule has 3 rings (SSSR count). The minimum Gasteiger partial charge on any atom is -0.325 e. The van der Waals surface area contributed by atoms with Crippen LogP contribution in [-0.4, -0.2) is 16.5 Å². The molecular formula is C17H18BrCl2NO2. The summed E-state index contributed by atoms with van der Waals surface area (Å²) in [6.45, 7) is 6.02. The van der Waals surface area contributed by atoms with E-state index in [1.807, 2.05) is 20.8 Å². The van der Waals surface area contributed by atoms with E-state index in [-0.39, 0.29) is 11.7 Å². The van der Waals surface area contributed by atoms with Crippen LogP contribution in [0.1, 0.15) is 33.6 Å². The van der Waals surface area contributed by atoms with E-state index in [0.717, 1.165) is 6.42 Å². The lowest BCUT2D eigenvalue weighted by molar-refractivity contribution is -0.130. The molecule has 2 saturated carbocycles. The van der Waals surface area contributed by atoms with Crippen LogP contribution in [0.5, 0.6) is 0 Å². The topological polar surface area (TPSA) is 46.2 Å². The van der Waals surface area contributed by atoms with Gasteiger partial charge in [-0.3, -0.25) is 9.59 Å². The fraction of sp³-hybridized carbons (Fsp3) is 0.529. The molecule has 0 aromatic heterocycles. The second-order valence-corrected chi connectivity index (χ2v) is 8.97. The van der Waals surface area contributed by atoms with Crippen molar-refractivity contribution >= 4 is 56.5 Å². The van der Waals surface area contributed by atoms with Crippen molar-refractivity contribution in [2.45, 2.75) is 38.4 Å². The number of amides is 1. The summed E-state index contributed by atoms with van der Waals surface area (Å²) < 4.78 is 0. The van der Waals surface area contributed by atoms with Crippen LogP contribution in [0.25, 0.3) is 0 Å². The van der Waals surface area contributed by atoms with Gasteiger partial charge in [-0.15, -0.1) is 0 Å². The Balaban J connectivity index is 1.98. The minimum atomic E-state index is -0.759. The Morgan fingerprint density at radius 1 is 1.22 bits per heavy atom. The highest BCUT2D eigenvalue weighted by molar-refractivity contribution is 9.10. The average Bonchev–Trinajstić information content (AvgIpc) is 2.75. The molecule has 1 N–H and O–H groups in total. The van der Waals surface area contributed by atoms with Gasteiger partial charge in [-0.25, -0.2) is 0 Å². The Morgan fingerprint density at radius 2 is 1.87 bits per heavy atom. The van der Waals surface area contributed by atoms with E-state index in [0.29, 0.717) is 22.2 Å². The third-order valence-electron chi connectivity index (χ3n) is 6.30. The van der Waals surface area contributed by atoms with E-state index in [2.05, 4.69) is 21.2 Å². The highest BCUT2D eigenvalue weighted by Crippen LogP contribution is 2.72. The van der Waals surface area contributed by atoms with Crippen LogP contribution >= 0.6 is 39.1 Å². The van der Waals surface area contributed by atoms with Gasteiger partial charge in [0.1, 0.15) is 0 Å². The molecule has 0 saturated heterocycles. The van der Waals surface area contributed by atoms with Crippen LogP contribution in [0.4, 0.5) is 5.69 Å². The van der Waals surface area contributed by atoms with Crippen molar-refractivity contribution in [3.63, 3.8) is 0 Å². The van der Waals surface area contributed by atoms with E-state index < -0.39 is 21.1 Å². The number of alkyl halides is 1. The van der Waals surface area contributed by atoms with Gasteiger partial charge in [0.25, 0.3) is 0 Å². The van der Waals surface area contributed by atoms with Crippen molar-refractivity contribution in [1.29, 1.82) is 0 Å². The Hall–Kier alpha value is -0.580. The van der Waals surface area contributed by atoms with Crippen LogP contribution in [0.3, 0.4) is 0 Å². The second-order valence-electron chi connectivity index (χ2n) is 7.24. The van der Waals surface area contributed by atoms with Gasteiger partial charge in [0.2, 0.25) is 5.91 Å². The second kappa shape index (κ2) is 5.21. The Morgan fingerprint density at radius 3 is 2.39 bits per heavy atom. The van der Waals surface area contributed by atoms with Crippen LogP contribution in [-0.2, 0) is 9.59 Å². The van der Waals surface area contributed by atoms with Crippen LogP contribution in [0.15, 0.2) is 18.2 Å². The molecule has 6 heteroatoms.